The maximum absolute atomic E-state index is 13.4. The van der Waals surface area contributed by atoms with Crippen molar-refractivity contribution in [2.45, 2.75) is 243 Å². The van der Waals surface area contributed by atoms with Gasteiger partial charge in [-0.05, 0) is 202 Å². The summed E-state index contributed by atoms with van der Waals surface area (Å²) >= 11 is 0. The summed E-state index contributed by atoms with van der Waals surface area (Å²) in [6.07, 6.45) is 19.6. The van der Waals surface area contributed by atoms with Gasteiger partial charge in [0.05, 0.1) is 6.61 Å². The fourth-order valence-corrected chi connectivity index (χ4v) is 14.2. The van der Waals surface area contributed by atoms with E-state index >= 15 is 0 Å². The van der Waals surface area contributed by atoms with Crippen LogP contribution in [0.5, 0.6) is 11.5 Å². The Morgan fingerprint density at radius 1 is 0.482 bits per heavy atom. The predicted octanol–water partition coefficient (Wildman–Crippen LogP) is 11.1. The lowest BCUT2D eigenvalue weighted by molar-refractivity contribution is -0.119. The molecule has 85 heavy (non-hydrogen) atoms. The highest BCUT2D eigenvalue weighted by molar-refractivity contribution is 5.73. The van der Waals surface area contributed by atoms with Gasteiger partial charge in [0.15, 0.2) is 12.2 Å². The average Bonchev–Trinajstić information content (AvgIpc) is 4.47. The van der Waals surface area contributed by atoms with E-state index in [0.717, 1.165) is 157 Å². The molecule has 7 fully saturated rings. The smallest absolute Gasteiger partial charge is 0.407 e. The van der Waals surface area contributed by atoms with Crippen molar-refractivity contribution in [1.29, 1.82) is 0 Å². The number of nitrogens with one attached hydrogen (secondary N) is 4. The molecule has 9 rings (SSSR count). The molecule has 9 atom stereocenters. The van der Waals surface area contributed by atoms with E-state index in [-0.39, 0.29) is 67.0 Å². The molecule has 17 nitrogen and oxygen atoms in total. The van der Waals surface area contributed by atoms with Crippen LogP contribution in [0.3, 0.4) is 0 Å². The van der Waals surface area contributed by atoms with Crippen molar-refractivity contribution in [3.8, 4) is 11.5 Å². The number of ether oxygens (including phenoxy) is 6. The van der Waals surface area contributed by atoms with Gasteiger partial charge < -0.3 is 49.7 Å². The van der Waals surface area contributed by atoms with Crippen LogP contribution in [-0.4, -0.2) is 165 Å². The lowest BCUT2D eigenvalue weighted by atomic mass is 9.75. The highest BCUT2D eigenvalue weighted by Gasteiger charge is 2.37. The zero-order chi connectivity index (χ0) is 59.9. The van der Waals surface area contributed by atoms with Gasteiger partial charge in [-0.1, -0.05) is 51.5 Å². The van der Waals surface area contributed by atoms with E-state index in [1.807, 2.05) is 24.3 Å². The molecular weight excluding hydrogens is 1070 g/mol. The Balaban J connectivity index is 0.656. The molecular formula is C68H107N7O10. The van der Waals surface area contributed by atoms with Gasteiger partial charge in [-0.15, -0.1) is 0 Å². The number of alkyl carbamates (subject to hydrolysis) is 3. The quantitative estimate of drug-likeness (QED) is 0.0330. The first-order chi connectivity index (χ1) is 41.0. The third-order valence-electron chi connectivity index (χ3n) is 20.2. The maximum Gasteiger partial charge on any atom is 0.407 e. The molecule has 9 unspecified atom stereocenters. The van der Waals surface area contributed by atoms with Crippen molar-refractivity contribution in [3.05, 3.63) is 59.7 Å². The van der Waals surface area contributed by atoms with E-state index in [1.54, 1.807) is 6.92 Å². The summed E-state index contributed by atoms with van der Waals surface area (Å²) in [6.45, 7) is 21.5. The number of benzene rings is 2. The van der Waals surface area contributed by atoms with Crippen LogP contribution >= 0.6 is 0 Å². The lowest BCUT2D eigenvalue weighted by Crippen LogP contribution is -2.42. The lowest BCUT2D eigenvalue weighted by Gasteiger charge is -2.34. The molecule has 0 bridgehead atoms. The van der Waals surface area contributed by atoms with Crippen molar-refractivity contribution in [1.82, 2.24) is 36.0 Å². The van der Waals surface area contributed by atoms with E-state index in [1.165, 1.54) is 25.7 Å². The second-order valence-corrected chi connectivity index (χ2v) is 27.7. The van der Waals surface area contributed by atoms with Crippen LogP contribution < -0.4 is 30.7 Å². The van der Waals surface area contributed by atoms with Crippen LogP contribution in [0.15, 0.2) is 48.5 Å². The minimum Gasteiger partial charge on any atom is -0.490 e. The molecule has 474 valence electrons. The SMILES string of the molecule is CCCCOCC(CN1CC1C)OC(=O)NC1CCC(CC2CCC(NC(=O)OC(COc3ccc(C(C)(C)c4ccc(OCC(CN5CC5C)OC(=O)NC5CCC(CC6CCC(NC(C)=O)CC6)CC5)cc4)cc3)CN3CC3C)CC2)CC1. The molecule has 3 heterocycles. The van der Waals surface area contributed by atoms with Gasteiger partial charge in [-0.2, -0.15) is 0 Å². The highest BCUT2D eigenvalue weighted by Crippen LogP contribution is 2.38. The first-order valence-electron chi connectivity index (χ1n) is 33.4. The first-order valence-corrected chi connectivity index (χ1v) is 33.4. The Kier molecular flexibility index (Phi) is 23.9. The predicted molar refractivity (Wildman–Crippen MR) is 331 cm³/mol. The largest absolute Gasteiger partial charge is 0.490 e. The van der Waals surface area contributed by atoms with Gasteiger partial charge in [-0.25, -0.2) is 14.4 Å². The van der Waals surface area contributed by atoms with Gasteiger partial charge in [0.25, 0.3) is 0 Å². The van der Waals surface area contributed by atoms with Gasteiger partial charge in [0.1, 0.15) is 30.8 Å². The summed E-state index contributed by atoms with van der Waals surface area (Å²) in [5.74, 6) is 4.30. The molecule has 2 aromatic rings. The van der Waals surface area contributed by atoms with Crippen molar-refractivity contribution in [3.63, 3.8) is 0 Å². The monoisotopic (exact) mass is 1180 g/mol. The van der Waals surface area contributed by atoms with Crippen molar-refractivity contribution in [2.24, 2.45) is 23.7 Å². The van der Waals surface area contributed by atoms with Crippen LogP contribution in [0.2, 0.25) is 0 Å². The Morgan fingerprint density at radius 3 is 1.08 bits per heavy atom. The summed E-state index contributed by atoms with van der Waals surface area (Å²) in [5, 5.41) is 12.7. The maximum atomic E-state index is 13.4. The van der Waals surface area contributed by atoms with E-state index in [0.29, 0.717) is 68.2 Å². The summed E-state index contributed by atoms with van der Waals surface area (Å²) < 4.78 is 36.5. The Labute approximate surface area is 509 Å². The van der Waals surface area contributed by atoms with Crippen LogP contribution in [0.25, 0.3) is 0 Å². The van der Waals surface area contributed by atoms with E-state index in [9.17, 15) is 19.2 Å². The molecule has 4 amide bonds. The number of unbranched alkanes of at least 4 members (excludes halogenated alkanes) is 1. The summed E-state index contributed by atoms with van der Waals surface area (Å²) in [6, 6.07) is 18.7. The van der Waals surface area contributed by atoms with Gasteiger partial charge in [0.2, 0.25) is 5.91 Å². The first kappa shape index (κ1) is 64.6. The molecule has 7 aliphatic rings. The number of amides is 4. The normalized spacial score (nSPS) is 31.0. The highest BCUT2D eigenvalue weighted by atomic mass is 16.6. The minimum absolute atomic E-state index is 0.0758. The summed E-state index contributed by atoms with van der Waals surface area (Å²) in [5.41, 5.74) is 1.97. The molecule has 17 heteroatoms. The Hall–Kier alpha value is -4.84. The third-order valence-corrected chi connectivity index (χ3v) is 20.2. The molecule has 0 aromatic heterocycles. The fourth-order valence-electron chi connectivity index (χ4n) is 14.2. The molecule has 4 N–H and O–H groups in total. The summed E-state index contributed by atoms with van der Waals surface area (Å²) in [7, 11) is 0. The zero-order valence-corrected chi connectivity index (χ0v) is 52.8. The number of carbonyl (C=O) groups excluding carboxylic acids is 4. The number of hydrogen-bond acceptors (Lipinski definition) is 13. The topological polar surface area (TPSA) is 181 Å². The van der Waals surface area contributed by atoms with Gasteiger partial charge in [-0.3, -0.25) is 19.5 Å². The Bertz CT molecular complexity index is 2380. The van der Waals surface area contributed by atoms with E-state index in [2.05, 4.69) is 102 Å². The number of hydrogen-bond donors (Lipinski definition) is 4. The second-order valence-electron chi connectivity index (χ2n) is 27.7. The Morgan fingerprint density at radius 2 is 0.788 bits per heavy atom. The summed E-state index contributed by atoms with van der Waals surface area (Å²) in [4.78, 5) is 58.1. The fraction of sp³-hybridized carbons (Fsp3) is 0.765. The number of rotatable bonds is 30. The van der Waals surface area contributed by atoms with Crippen molar-refractivity contribution in [2.75, 3.05) is 65.7 Å². The van der Waals surface area contributed by atoms with E-state index < -0.39 is 12.2 Å². The van der Waals surface area contributed by atoms with Crippen LogP contribution in [-0.2, 0) is 29.2 Å². The number of carbonyl (C=O) groups is 4. The van der Waals surface area contributed by atoms with Crippen LogP contribution in [0.1, 0.15) is 188 Å². The molecule has 0 spiro atoms. The molecule has 0 radical (unpaired) electrons. The molecule has 2 aromatic carbocycles. The van der Waals surface area contributed by atoms with Gasteiger partial charge in [0, 0.05) is 101 Å². The molecule has 4 aliphatic carbocycles. The van der Waals surface area contributed by atoms with Crippen LogP contribution in [0.4, 0.5) is 14.4 Å². The van der Waals surface area contributed by atoms with E-state index in [4.69, 9.17) is 28.4 Å². The average molecular weight is 1180 g/mol. The van der Waals surface area contributed by atoms with Crippen molar-refractivity contribution < 1.29 is 47.6 Å². The standard InChI is InChI=1S/C68H107N7O10/c1-8-9-34-80-43-62(40-73-37-46(73)2)83-65(77)70-57-24-12-52(13-25-57)36-53-16-28-59(29-17-53)72-67(79)85-64(42-75-39-48(75)4)45-82-61-32-20-55(21-33-61)68(6,7)54-18-30-60(31-19-54)81-44-63(41-74-38-47(74)3)84-66(78)71-58-26-14-51(15-27-58)35-50-10-22-56(23-11-50)69-49(5)76/h18-21,30-33,46-48,50-53,56-59,62-64H,8-17,22-29,34-45H2,1-7H3,(H,69,76)(H,70,77)(H,71,78)(H,72,79). The molecule has 3 aliphatic heterocycles. The van der Waals surface area contributed by atoms with Gasteiger partial charge >= 0.3 is 18.3 Å². The second kappa shape index (κ2) is 31.4. The third kappa shape index (κ3) is 21.2. The molecule has 3 saturated heterocycles. The molecule has 4 saturated carbocycles. The zero-order valence-electron chi connectivity index (χ0n) is 52.8. The van der Waals surface area contributed by atoms with Crippen LogP contribution in [0, 0.1) is 23.7 Å². The van der Waals surface area contributed by atoms with Crippen molar-refractivity contribution >= 4 is 24.2 Å². The number of nitrogens with zero attached hydrogens (tertiary/aromatic N) is 3. The minimum atomic E-state index is -0.408.